The van der Waals surface area contributed by atoms with Crippen LogP contribution in [-0.2, 0) is 6.42 Å². The number of nitrogens with one attached hydrogen (secondary N) is 1. The van der Waals surface area contributed by atoms with Crippen LogP contribution in [0.1, 0.15) is 54.2 Å². The molecule has 3 aromatic rings. The normalized spacial score (nSPS) is 11.2. The maximum Gasteiger partial charge on any atom is 0.272 e. The highest BCUT2D eigenvalue weighted by Gasteiger charge is 2.12. The Labute approximate surface area is 170 Å². The van der Waals surface area contributed by atoms with Gasteiger partial charge in [-0.1, -0.05) is 68.1 Å². The molecule has 1 amide bonds. The van der Waals surface area contributed by atoms with Crippen molar-refractivity contribution in [1.82, 2.24) is 10.4 Å². The van der Waals surface area contributed by atoms with Crippen molar-refractivity contribution in [2.45, 2.75) is 39.0 Å². The number of aryl methyl sites for hydroxylation is 1. The van der Waals surface area contributed by atoms with E-state index in [2.05, 4.69) is 17.5 Å². The van der Waals surface area contributed by atoms with Crippen LogP contribution in [0.2, 0.25) is 5.02 Å². The Morgan fingerprint density at radius 1 is 1.11 bits per heavy atom. The number of pyridine rings is 1. The van der Waals surface area contributed by atoms with Crippen molar-refractivity contribution in [3.63, 3.8) is 0 Å². The molecule has 0 radical (unpaired) electrons. The molecular weight excluding hydrogens is 370 g/mol. The van der Waals surface area contributed by atoms with E-state index in [0.29, 0.717) is 10.6 Å². The SMILES string of the molecule is CCCCCCc1cc(C(=O)NN=Cc2ccc(Cl)cc2)c2ccccc2n1. The number of unbranched alkanes of at least 4 members (excludes halogenated alkanes) is 3. The molecule has 0 aliphatic heterocycles. The van der Waals surface area contributed by atoms with Gasteiger partial charge < -0.3 is 0 Å². The molecule has 4 nitrogen and oxygen atoms in total. The van der Waals surface area contributed by atoms with Crippen LogP contribution in [0.4, 0.5) is 0 Å². The summed E-state index contributed by atoms with van der Waals surface area (Å²) in [5, 5.41) is 5.58. The highest BCUT2D eigenvalue weighted by Crippen LogP contribution is 2.20. The summed E-state index contributed by atoms with van der Waals surface area (Å²) in [6.45, 7) is 2.20. The third-order valence-corrected chi connectivity index (χ3v) is 4.80. The molecule has 0 unspecified atom stereocenters. The first kappa shape index (κ1) is 20.0. The molecular formula is C23H24ClN3O. The van der Waals surface area contributed by atoms with Crippen LogP contribution >= 0.6 is 11.6 Å². The molecule has 1 aromatic heterocycles. The van der Waals surface area contributed by atoms with E-state index >= 15 is 0 Å². The molecule has 1 N–H and O–H groups in total. The predicted molar refractivity (Wildman–Crippen MR) is 116 cm³/mol. The van der Waals surface area contributed by atoms with Crippen LogP contribution in [0.5, 0.6) is 0 Å². The summed E-state index contributed by atoms with van der Waals surface area (Å²) in [5.41, 5.74) is 5.87. The molecule has 0 atom stereocenters. The quantitative estimate of drug-likeness (QED) is 0.300. The topological polar surface area (TPSA) is 54.4 Å². The van der Waals surface area contributed by atoms with Crippen LogP contribution in [0.15, 0.2) is 59.7 Å². The largest absolute Gasteiger partial charge is 0.272 e. The molecule has 5 heteroatoms. The Balaban J connectivity index is 1.77. The summed E-state index contributed by atoms with van der Waals surface area (Å²) in [4.78, 5) is 17.5. The number of para-hydroxylation sites is 1. The first-order valence-electron chi connectivity index (χ1n) is 9.65. The van der Waals surface area contributed by atoms with Gasteiger partial charge in [0.05, 0.1) is 17.3 Å². The number of hydrogen-bond acceptors (Lipinski definition) is 3. The minimum atomic E-state index is -0.237. The van der Waals surface area contributed by atoms with Gasteiger partial charge in [-0.2, -0.15) is 5.10 Å². The minimum Gasteiger partial charge on any atom is -0.267 e. The van der Waals surface area contributed by atoms with E-state index in [1.165, 1.54) is 19.3 Å². The van der Waals surface area contributed by atoms with Gasteiger partial charge in [-0.15, -0.1) is 0 Å². The van der Waals surface area contributed by atoms with Crippen molar-refractivity contribution in [1.29, 1.82) is 0 Å². The number of carbonyl (C=O) groups is 1. The zero-order valence-corrected chi connectivity index (χ0v) is 16.7. The van der Waals surface area contributed by atoms with Crippen LogP contribution in [0, 0.1) is 0 Å². The second-order valence-corrected chi connectivity index (χ2v) is 7.18. The molecule has 0 fully saturated rings. The number of rotatable bonds is 8. The summed E-state index contributed by atoms with van der Waals surface area (Å²) in [7, 11) is 0. The number of halogens is 1. The van der Waals surface area contributed by atoms with E-state index in [4.69, 9.17) is 16.6 Å². The fraction of sp³-hybridized carbons (Fsp3) is 0.261. The summed E-state index contributed by atoms with van der Waals surface area (Å²) >= 11 is 5.88. The average molecular weight is 394 g/mol. The summed E-state index contributed by atoms with van der Waals surface area (Å²) in [6.07, 6.45) is 7.15. The minimum absolute atomic E-state index is 0.237. The van der Waals surface area contributed by atoms with E-state index in [0.717, 1.165) is 35.0 Å². The standard InChI is InChI=1S/C23H24ClN3O/c1-2-3-4-5-8-19-15-21(20-9-6-7-10-22(20)26-19)23(28)27-25-16-17-11-13-18(24)14-12-17/h6-7,9-16H,2-5,8H2,1H3,(H,27,28). The number of hydrazone groups is 1. The number of carbonyl (C=O) groups excluding carboxylic acids is 1. The summed E-state index contributed by atoms with van der Waals surface area (Å²) in [5.74, 6) is -0.237. The van der Waals surface area contributed by atoms with Gasteiger partial charge in [-0.3, -0.25) is 9.78 Å². The molecule has 0 spiro atoms. The Morgan fingerprint density at radius 2 is 1.89 bits per heavy atom. The molecule has 2 aromatic carbocycles. The first-order chi connectivity index (χ1) is 13.7. The van der Waals surface area contributed by atoms with Crippen LogP contribution < -0.4 is 5.43 Å². The molecule has 144 valence electrons. The van der Waals surface area contributed by atoms with Gasteiger partial charge in [0.25, 0.3) is 5.91 Å². The van der Waals surface area contributed by atoms with Crippen molar-refractivity contribution < 1.29 is 4.79 Å². The van der Waals surface area contributed by atoms with Crippen LogP contribution in [0.25, 0.3) is 10.9 Å². The Hall–Kier alpha value is -2.72. The van der Waals surface area contributed by atoms with E-state index in [9.17, 15) is 4.79 Å². The smallest absolute Gasteiger partial charge is 0.267 e. The molecule has 0 bridgehead atoms. The zero-order valence-electron chi connectivity index (χ0n) is 16.0. The average Bonchev–Trinajstić information content (AvgIpc) is 2.72. The third-order valence-electron chi connectivity index (χ3n) is 4.55. The number of fused-ring (bicyclic) bond motifs is 1. The lowest BCUT2D eigenvalue weighted by Gasteiger charge is -2.09. The molecule has 0 aliphatic rings. The van der Waals surface area contributed by atoms with Gasteiger partial charge in [-0.25, -0.2) is 5.43 Å². The lowest BCUT2D eigenvalue weighted by Crippen LogP contribution is -2.18. The second-order valence-electron chi connectivity index (χ2n) is 6.74. The van der Waals surface area contributed by atoms with Gasteiger partial charge in [0.2, 0.25) is 0 Å². The molecule has 1 heterocycles. The van der Waals surface area contributed by atoms with Gasteiger partial charge in [0.15, 0.2) is 0 Å². The molecule has 28 heavy (non-hydrogen) atoms. The molecule has 0 aliphatic carbocycles. The van der Waals surface area contributed by atoms with Gasteiger partial charge in [-0.05, 0) is 42.7 Å². The Bertz CT molecular complexity index is 967. The van der Waals surface area contributed by atoms with E-state index in [-0.39, 0.29) is 5.91 Å². The molecule has 0 saturated carbocycles. The number of amides is 1. The Kier molecular flexibility index (Phi) is 7.15. The fourth-order valence-electron chi connectivity index (χ4n) is 3.05. The van der Waals surface area contributed by atoms with Crippen molar-refractivity contribution in [2.75, 3.05) is 0 Å². The van der Waals surface area contributed by atoms with Crippen LogP contribution in [-0.4, -0.2) is 17.1 Å². The monoisotopic (exact) mass is 393 g/mol. The summed E-state index contributed by atoms with van der Waals surface area (Å²) in [6, 6.07) is 16.9. The summed E-state index contributed by atoms with van der Waals surface area (Å²) < 4.78 is 0. The lowest BCUT2D eigenvalue weighted by molar-refractivity contribution is 0.0956. The number of nitrogens with zero attached hydrogens (tertiary/aromatic N) is 2. The van der Waals surface area contributed by atoms with Gasteiger partial charge in [0.1, 0.15) is 0 Å². The van der Waals surface area contributed by atoms with Crippen molar-refractivity contribution in [2.24, 2.45) is 5.10 Å². The number of aromatic nitrogens is 1. The fourth-order valence-corrected chi connectivity index (χ4v) is 3.18. The van der Waals surface area contributed by atoms with Crippen molar-refractivity contribution in [3.05, 3.63) is 76.4 Å². The molecule has 3 rings (SSSR count). The maximum atomic E-state index is 12.8. The van der Waals surface area contributed by atoms with E-state index < -0.39 is 0 Å². The third kappa shape index (κ3) is 5.40. The molecule has 0 saturated heterocycles. The maximum absolute atomic E-state index is 12.8. The van der Waals surface area contributed by atoms with Gasteiger partial charge >= 0.3 is 0 Å². The Morgan fingerprint density at radius 3 is 2.68 bits per heavy atom. The van der Waals surface area contributed by atoms with Crippen molar-refractivity contribution >= 4 is 34.6 Å². The number of benzene rings is 2. The predicted octanol–water partition coefficient (Wildman–Crippen LogP) is 5.77. The van der Waals surface area contributed by atoms with Crippen LogP contribution in [0.3, 0.4) is 0 Å². The first-order valence-corrected chi connectivity index (χ1v) is 10.0. The lowest BCUT2D eigenvalue weighted by atomic mass is 10.0. The zero-order chi connectivity index (χ0) is 19.8. The highest BCUT2D eigenvalue weighted by atomic mass is 35.5. The number of hydrogen-bond donors (Lipinski definition) is 1. The van der Waals surface area contributed by atoms with Gasteiger partial charge in [0, 0.05) is 16.1 Å². The second kappa shape index (κ2) is 10.00. The highest BCUT2D eigenvalue weighted by molar-refractivity contribution is 6.30. The van der Waals surface area contributed by atoms with E-state index in [1.54, 1.807) is 18.3 Å². The van der Waals surface area contributed by atoms with Crippen molar-refractivity contribution in [3.8, 4) is 0 Å². The van der Waals surface area contributed by atoms with E-state index in [1.807, 2.05) is 42.5 Å².